The molecule has 86 valence electrons. The highest BCUT2D eigenvalue weighted by molar-refractivity contribution is 5.78. The number of primary amides is 1. The second kappa shape index (κ2) is 6.43. The number of nitrogens with zero attached hydrogens (tertiary/aromatic N) is 1. The molecule has 1 aliphatic heterocycles. The molecule has 1 aliphatic rings. The molecule has 0 atom stereocenters. The Bertz CT molecular complexity index is 221. The van der Waals surface area contributed by atoms with Crippen molar-refractivity contribution in [3.8, 4) is 0 Å². The predicted molar refractivity (Wildman–Crippen MR) is 58.1 cm³/mol. The van der Waals surface area contributed by atoms with Gasteiger partial charge in [-0.2, -0.15) is 0 Å². The lowest BCUT2D eigenvalue weighted by atomic mass is 10.2. The fourth-order valence-electron chi connectivity index (χ4n) is 1.89. The fraction of sp³-hybridized carbons (Fsp3) is 0.818. The summed E-state index contributed by atoms with van der Waals surface area (Å²) in [5.74, 6) is -0.142. The number of likely N-dealkylation sites (tertiary alicyclic amines) is 1. The minimum Gasteiger partial charge on any atom is -0.370 e. The van der Waals surface area contributed by atoms with Crippen molar-refractivity contribution < 1.29 is 9.59 Å². The zero-order valence-corrected chi connectivity index (χ0v) is 9.21. The molecule has 1 heterocycles. The lowest BCUT2D eigenvalue weighted by molar-refractivity contribution is -0.131. The van der Waals surface area contributed by atoms with Gasteiger partial charge in [-0.25, -0.2) is 0 Å². The molecule has 4 heteroatoms. The Morgan fingerprint density at radius 1 is 1.00 bits per heavy atom. The topological polar surface area (TPSA) is 63.4 Å². The average Bonchev–Trinajstić information content (AvgIpc) is 2.44. The maximum atomic E-state index is 11.7. The quantitative estimate of drug-likeness (QED) is 0.757. The van der Waals surface area contributed by atoms with Crippen molar-refractivity contribution in [2.24, 2.45) is 5.73 Å². The zero-order chi connectivity index (χ0) is 11.1. The molecule has 0 aromatic heterocycles. The molecular formula is C11H20N2O2. The Labute approximate surface area is 90.8 Å². The fourth-order valence-corrected chi connectivity index (χ4v) is 1.89. The minimum absolute atomic E-state index is 0.179. The molecule has 0 saturated carbocycles. The molecule has 0 aromatic rings. The van der Waals surface area contributed by atoms with Gasteiger partial charge in [0.05, 0.1) is 0 Å². The third-order valence-corrected chi connectivity index (χ3v) is 2.77. The van der Waals surface area contributed by atoms with Crippen molar-refractivity contribution in [3.63, 3.8) is 0 Å². The Morgan fingerprint density at radius 3 is 2.13 bits per heavy atom. The summed E-state index contributed by atoms with van der Waals surface area (Å²) in [6.07, 6.45) is 6.05. The van der Waals surface area contributed by atoms with Crippen molar-refractivity contribution >= 4 is 11.8 Å². The van der Waals surface area contributed by atoms with E-state index in [0.717, 1.165) is 25.9 Å². The molecule has 1 fully saturated rings. The van der Waals surface area contributed by atoms with Gasteiger partial charge < -0.3 is 10.6 Å². The normalized spacial score (nSPS) is 17.2. The summed E-state index contributed by atoms with van der Waals surface area (Å²) in [6, 6.07) is 0. The molecule has 1 saturated heterocycles. The largest absolute Gasteiger partial charge is 0.370 e. The zero-order valence-electron chi connectivity index (χ0n) is 9.21. The number of hydrogen-bond acceptors (Lipinski definition) is 2. The maximum Gasteiger partial charge on any atom is 0.222 e. The van der Waals surface area contributed by atoms with E-state index in [1.165, 1.54) is 12.8 Å². The summed E-state index contributed by atoms with van der Waals surface area (Å²) < 4.78 is 0. The number of hydrogen-bond donors (Lipinski definition) is 1. The lowest BCUT2D eigenvalue weighted by Gasteiger charge is -2.19. The van der Waals surface area contributed by atoms with Gasteiger partial charge in [-0.1, -0.05) is 12.8 Å². The molecule has 0 radical (unpaired) electrons. The van der Waals surface area contributed by atoms with Crippen LogP contribution in [0.5, 0.6) is 0 Å². The molecule has 0 aliphatic carbocycles. The highest BCUT2D eigenvalue weighted by Gasteiger charge is 2.14. The number of carbonyl (C=O) groups is 2. The highest BCUT2D eigenvalue weighted by atomic mass is 16.2. The van der Waals surface area contributed by atoms with E-state index >= 15 is 0 Å². The van der Waals surface area contributed by atoms with E-state index in [2.05, 4.69) is 0 Å². The summed E-state index contributed by atoms with van der Waals surface area (Å²) >= 11 is 0. The number of rotatable bonds is 4. The van der Waals surface area contributed by atoms with Crippen LogP contribution < -0.4 is 5.73 Å². The Morgan fingerprint density at radius 2 is 1.60 bits per heavy atom. The van der Waals surface area contributed by atoms with Crippen molar-refractivity contribution in [3.05, 3.63) is 0 Å². The van der Waals surface area contributed by atoms with Gasteiger partial charge in [0.25, 0.3) is 0 Å². The van der Waals surface area contributed by atoms with E-state index < -0.39 is 0 Å². The van der Waals surface area contributed by atoms with Crippen LogP contribution in [0.4, 0.5) is 0 Å². The first kappa shape index (κ1) is 12.0. The molecule has 2 amide bonds. The highest BCUT2D eigenvalue weighted by Crippen LogP contribution is 2.11. The summed E-state index contributed by atoms with van der Waals surface area (Å²) in [5.41, 5.74) is 5.02. The van der Waals surface area contributed by atoms with Crippen LogP contribution in [-0.4, -0.2) is 29.8 Å². The van der Waals surface area contributed by atoms with Crippen LogP contribution in [0.3, 0.4) is 0 Å². The first-order valence-corrected chi connectivity index (χ1v) is 5.76. The van der Waals surface area contributed by atoms with Gasteiger partial charge in [0.15, 0.2) is 0 Å². The van der Waals surface area contributed by atoms with E-state index in [-0.39, 0.29) is 11.8 Å². The van der Waals surface area contributed by atoms with E-state index in [1.807, 2.05) is 4.90 Å². The third kappa shape index (κ3) is 4.81. The van der Waals surface area contributed by atoms with Gasteiger partial charge in [-0.3, -0.25) is 9.59 Å². The molecule has 0 bridgehead atoms. The van der Waals surface area contributed by atoms with Crippen LogP contribution in [0.25, 0.3) is 0 Å². The molecule has 1 rings (SSSR count). The smallest absolute Gasteiger partial charge is 0.222 e. The number of amides is 2. The second-order valence-electron chi connectivity index (χ2n) is 4.11. The maximum absolute atomic E-state index is 11.7. The van der Waals surface area contributed by atoms with Crippen molar-refractivity contribution in [2.45, 2.75) is 44.9 Å². The van der Waals surface area contributed by atoms with Gasteiger partial charge >= 0.3 is 0 Å². The Kier molecular flexibility index (Phi) is 5.15. The minimum atomic E-state index is -0.321. The molecular weight excluding hydrogens is 192 g/mol. The van der Waals surface area contributed by atoms with Crippen LogP contribution >= 0.6 is 0 Å². The van der Waals surface area contributed by atoms with Gasteiger partial charge in [-0.05, 0) is 19.3 Å². The third-order valence-electron chi connectivity index (χ3n) is 2.77. The SMILES string of the molecule is NC(=O)CCCC(=O)N1CCCCCC1. The summed E-state index contributed by atoms with van der Waals surface area (Å²) in [6.45, 7) is 1.77. The van der Waals surface area contributed by atoms with E-state index in [1.54, 1.807) is 0 Å². The summed E-state index contributed by atoms with van der Waals surface area (Å²) in [5, 5.41) is 0. The van der Waals surface area contributed by atoms with Crippen LogP contribution in [-0.2, 0) is 9.59 Å². The Hall–Kier alpha value is -1.06. The molecule has 2 N–H and O–H groups in total. The van der Waals surface area contributed by atoms with Crippen LogP contribution in [0, 0.1) is 0 Å². The Balaban J connectivity index is 2.22. The van der Waals surface area contributed by atoms with Crippen molar-refractivity contribution in [2.75, 3.05) is 13.1 Å². The van der Waals surface area contributed by atoms with E-state index in [0.29, 0.717) is 19.3 Å². The van der Waals surface area contributed by atoms with Gasteiger partial charge in [0.1, 0.15) is 0 Å². The van der Waals surface area contributed by atoms with E-state index in [9.17, 15) is 9.59 Å². The van der Waals surface area contributed by atoms with Gasteiger partial charge in [0, 0.05) is 25.9 Å². The van der Waals surface area contributed by atoms with Crippen LogP contribution in [0.2, 0.25) is 0 Å². The average molecular weight is 212 g/mol. The predicted octanol–water partition coefficient (Wildman–Crippen LogP) is 1.04. The standard InChI is InChI=1S/C11H20N2O2/c12-10(14)6-5-7-11(15)13-8-3-1-2-4-9-13/h1-9H2,(H2,12,14). The molecule has 4 nitrogen and oxygen atoms in total. The van der Waals surface area contributed by atoms with Crippen LogP contribution in [0.15, 0.2) is 0 Å². The number of nitrogens with two attached hydrogens (primary N) is 1. The second-order valence-corrected chi connectivity index (χ2v) is 4.11. The monoisotopic (exact) mass is 212 g/mol. The first-order chi connectivity index (χ1) is 7.20. The first-order valence-electron chi connectivity index (χ1n) is 5.76. The van der Waals surface area contributed by atoms with E-state index in [4.69, 9.17) is 5.73 Å². The summed E-state index contributed by atoms with van der Waals surface area (Å²) in [7, 11) is 0. The number of carbonyl (C=O) groups excluding carboxylic acids is 2. The van der Waals surface area contributed by atoms with Crippen molar-refractivity contribution in [1.82, 2.24) is 4.90 Å². The van der Waals surface area contributed by atoms with Gasteiger partial charge in [0.2, 0.25) is 11.8 Å². The van der Waals surface area contributed by atoms with Crippen molar-refractivity contribution in [1.29, 1.82) is 0 Å². The lowest BCUT2D eigenvalue weighted by Crippen LogP contribution is -2.31. The van der Waals surface area contributed by atoms with Gasteiger partial charge in [-0.15, -0.1) is 0 Å². The summed E-state index contributed by atoms with van der Waals surface area (Å²) in [4.78, 5) is 24.1. The molecule has 0 aromatic carbocycles. The van der Waals surface area contributed by atoms with Crippen LogP contribution in [0.1, 0.15) is 44.9 Å². The molecule has 0 unspecified atom stereocenters. The molecule has 15 heavy (non-hydrogen) atoms. The molecule has 0 spiro atoms.